The second-order valence-electron chi connectivity index (χ2n) is 7.03. The maximum atomic E-state index is 3.68. The maximum absolute atomic E-state index is 3.68. The van der Waals surface area contributed by atoms with Crippen LogP contribution in [-0.4, -0.2) is 23.9 Å². The number of hydrogen-bond donors (Lipinski definition) is 0. The van der Waals surface area contributed by atoms with Crippen LogP contribution >= 0.6 is 0 Å². The molecule has 0 aromatic heterocycles. The molecule has 0 nitrogen and oxygen atoms in total. The summed E-state index contributed by atoms with van der Waals surface area (Å²) in [5.41, 5.74) is 12.9. The van der Waals surface area contributed by atoms with Crippen molar-refractivity contribution in [3.8, 4) is 22.3 Å². The summed E-state index contributed by atoms with van der Waals surface area (Å²) in [6.45, 7) is 13.1. The Kier molecular flexibility index (Phi) is 6.16. The fraction of sp³-hybridized carbons (Fsp3) is 0.250. The maximum Gasteiger partial charge on any atom is 0 e. The second-order valence-corrected chi connectivity index (χ2v) is 7.03. The molecule has 3 aromatic rings. The third kappa shape index (κ3) is 4.00. The average molecular weight is 434 g/mol. The first-order valence-corrected chi connectivity index (χ1v) is 8.55. The fourth-order valence-corrected chi connectivity index (χ4v) is 3.97. The zero-order valence-corrected chi connectivity index (χ0v) is 18.9. The average Bonchev–Trinajstić information content (AvgIpc) is 2.45. The monoisotopic (exact) mass is 435 g/mol. The topological polar surface area (TPSA) is 0 Å². The Balaban J connectivity index is 0.00000169. The molecule has 0 aliphatic heterocycles. The van der Waals surface area contributed by atoms with E-state index in [-0.39, 0.29) is 25.3 Å². The van der Waals surface area contributed by atoms with Crippen LogP contribution in [0.2, 0.25) is 0 Å². The Morgan fingerprint density at radius 2 is 0.920 bits per heavy atom. The van der Waals surface area contributed by atoms with Gasteiger partial charge < -0.3 is 0 Å². The fourth-order valence-electron chi connectivity index (χ4n) is 3.97. The molecule has 1 heteroatoms. The molecule has 0 aliphatic rings. The van der Waals surface area contributed by atoms with E-state index in [9.17, 15) is 0 Å². The Bertz CT molecular complexity index is 806. The van der Waals surface area contributed by atoms with Crippen LogP contribution in [0.4, 0.5) is 0 Å². The van der Waals surface area contributed by atoms with Gasteiger partial charge >= 0.3 is 0 Å². The molecule has 0 unspecified atom stereocenters. The summed E-state index contributed by atoms with van der Waals surface area (Å²) in [5, 5.41) is 0. The predicted octanol–water partition coefficient (Wildman–Crippen LogP) is 6.54. The summed E-state index contributed by atoms with van der Waals surface area (Å²) in [4.78, 5) is 0. The van der Waals surface area contributed by atoms with Gasteiger partial charge in [-0.3, -0.25) is 0 Å². The molecule has 0 amide bonds. The van der Waals surface area contributed by atoms with E-state index in [1.54, 1.807) is 0 Å². The smallest absolute Gasteiger partial charge is 0 e. The standard InChI is InChI=1S/C24H25.Sn.H2/c1-15-10-17(3)23(18(4)11-15)21-8-7-9-22(14-21)24-19(5)12-16(2)13-20(24)6;;/h7-13H,1-6H3;;1H. The first kappa shape index (κ1) is 19.8. The van der Waals surface area contributed by atoms with Crippen LogP contribution in [-0.2, 0) is 0 Å². The summed E-state index contributed by atoms with van der Waals surface area (Å²) >= 11 is 0. The van der Waals surface area contributed by atoms with Gasteiger partial charge in [0.25, 0.3) is 0 Å². The van der Waals surface area contributed by atoms with Gasteiger partial charge in [-0.2, -0.15) is 0 Å². The minimum Gasteiger partial charge on any atom is -0.0610 e. The van der Waals surface area contributed by atoms with Gasteiger partial charge in [-0.15, -0.1) is 0 Å². The van der Waals surface area contributed by atoms with Crippen LogP contribution in [0.5, 0.6) is 0 Å². The summed E-state index contributed by atoms with van der Waals surface area (Å²) in [6.07, 6.45) is 0. The molecule has 0 N–H and O–H groups in total. The number of aryl methyl sites for hydroxylation is 6. The zero-order valence-electron chi connectivity index (χ0n) is 16.0. The summed E-state index contributed by atoms with van der Waals surface area (Å²) in [6, 6.07) is 19.2. The predicted molar refractivity (Wildman–Crippen MR) is 112 cm³/mol. The Morgan fingerprint density at radius 3 is 1.24 bits per heavy atom. The Morgan fingerprint density at radius 1 is 0.600 bits per heavy atom. The minimum atomic E-state index is 0. The van der Waals surface area contributed by atoms with E-state index in [1.807, 2.05) is 0 Å². The van der Waals surface area contributed by atoms with Crippen LogP contribution in [0.1, 0.15) is 34.8 Å². The molecule has 0 bridgehead atoms. The molecule has 25 heavy (non-hydrogen) atoms. The van der Waals surface area contributed by atoms with Crippen molar-refractivity contribution in [1.29, 1.82) is 0 Å². The van der Waals surface area contributed by atoms with Gasteiger partial charge in [0, 0.05) is 25.3 Å². The van der Waals surface area contributed by atoms with Gasteiger partial charge in [-0.1, -0.05) is 53.6 Å². The largest absolute Gasteiger partial charge is 0.0610 e. The van der Waals surface area contributed by atoms with E-state index in [1.165, 1.54) is 55.6 Å². The summed E-state index contributed by atoms with van der Waals surface area (Å²) in [7, 11) is 0. The van der Waals surface area contributed by atoms with Crippen molar-refractivity contribution < 1.29 is 1.43 Å². The number of rotatable bonds is 2. The normalized spacial score (nSPS) is 10.5. The van der Waals surface area contributed by atoms with Crippen molar-refractivity contribution in [2.75, 3.05) is 0 Å². The van der Waals surface area contributed by atoms with Crippen LogP contribution in [0.3, 0.4) is 0 Å². The first-order chi connectivity index (χ1) is 11.4. The number of benzene rings is 3. The van der Waals surface area contributed by atoms with Gasteiger partial charge in [0.1, 0.15) is 0 Å². The summed E-state index contributed by atoms with van der Waals surface area (Å²) < 4.78 is 0. The molecule has 0 spiro atoms. The molecule has 0 saturated heterocycles. The van der Waals surface area contributed by atoms with Crippen molar-refractivity contribution >= 4 is 23.9 Å². The van der Waals surface area contributed by atoms with E-state index in [4.69, 9.17) is 0 Å². The van der Waals surface area contributed by atoms with Crippen molar-refractivity contribution in [2.45, 2.75) is 41.5 Å². The third-order valence-electron chi connectivity index (χ3n) is 4.69. The van der Waals surface area contributed by atoms with Gasteiger partial charge in [0.05, 0.1) is 0 Å². The van der Waals surface area contributed by atoms with Crippen LogP contribution in [0.15, 0.2) is 42.5 Å². The second kappa shape index (κ2) is 7.78. The van der Waals surface area contributed by atoms with E-state index in [2.05, 4.69) is 90.1 Å². The van der Waals surface area contributed by atoms with Crippen molar-refractivity contribution in [1.82, 2.24) is 0 Å². The van der Waals surface area contributed by atoms with Crippen LogP contribution < -0.4 is 0 Å². The van der Waals surface area contributed by atoms with E-state index in [0.29, 0.717) is 0 Å². The SMILES string of the molecule is Cc1cc(C)c(-c2[c]c(-c3c(C)cc(C)cc3C)ccc2)c(C)c1.[HH].[Sn]. The minimum absolute atomic E-state index is 0. The van der Waals surface area contributed by atoms with Crippen LogP contribution in [0.25, 0.3) is 22.3 Å². The molecular formula is C24H27Sn. The molecule has 3 rings (SSSR count). The number of hydrogen-bond acceptors (Lipinski definition) is 0. The molecule has 127 valence electrons. The van der Waals surface area contributed by atoms with E-state index >= 15 is 0 Å². The van der Waals surface area contributed by atoms with Gasteiger partial charge in [0.2, 0.25) is 0 Å². The van der Waals surface area contributed by atoms with Gasteiger partial charge in [-0.05, 0) is 92.1 Å². The van der Waals surface area contributed by atoms with Crippen molar-refractivity contribution in [3.05, 3.63) is 81.9 Å². The first-order valence-electron chi connectivity index (χ1n) is 8.55. The third-order valence-corrected chi connectivity index (χ3v) is 4.69. The molecule has 3 aromatic carbocycles. The molecular weight excluding hydrogens is 407 g/mol. The quantitative estimate of drug-likeness (QED) is 0.402. The van der Waals surface area contributed by atoms with Crippen molar-refractivity contribution in [2.24, 2.45) is 0 Å². The molecule has 5 radical (unpaired) electrons. The molecule has 0 atom stereocenters. The van der Waals surface area contributed by atoms with E-state index < -0.39 is 0 Å². The van der Waals surface area contributed by atoms with Crippen molar-refractivity contribution in [3.63, 3.8) is 0 Å². The van der Waals surface area contributed by atoms with E-state index in [0.717, 1.165) is 0 Å². The molecule has 0 heterocycles. The Hall–Kier alpha value is -1.54. The molecule has 0 fully saturated rings. The van der Waals surface area contributed by atoms with Gasteiger partial charge in [0.15, 0.2) is 0 Å². The molecule has 0 aliphatic carbocycles. The van der Waals surface area contributed by atoms with Crippen LogP contribution in [0, 0.1) is 47.6 Å². The van der Waals surface area contributed by atoms with Gasteiger partial charge in [-0.25, -0.2) is 0 Å². The molecule has 0 saturated carbocycles. The zero-order chi connectivity index (χ0) is 17.4. The Labute approximate surface area is 170 Å². The summed E-state index contributed by atoms with van der Waals surface area (Å²) in [5.74, 6) is 0.